The van der Waals surface area contributed by atoms with Gasteiger partial charge in [-0.2, -0.15) is 17.2 Å². The van der Waals surface area contributed by atoms with Crippen LogP contribution in [0.2, 0.25) is 0 Å². The highest BCUT2D eigenvalue weighted by atomic mass is 127. The largest absolute Gasteiger partial charge is 0.426 e. The summed E-state index contributed by atoms with van der Waals surface area (Å²) < 4.78 is 60.5. The topological polar surface area (TPSA) is 110 Å². The molecule has 1 aromatic rings. The molecule has 0 radical (unpaired) electrons. The number of alkyl halides is 2. The van der Waals surface area contributed by atoms with Gasteiger partial charge in [-0.3, -0.25) is 14.1 Å². The average Bonchev–Trinajstić information content (AvgIpc) is 2.36. The van der Waals surface area contributed by atoms with E-state index in [1.165, 1.54) is 12.1 Å². The van der Waals surface area contributed by atoms with Gasteiger partial charge in [0.1, 0.15) is 5.75 Å². The van der Waals surface area contributed by atoms with Gasteiger partial charge in [0.15, 0.2) is 0 Å². The molecule has 7 nitrogen and oxygen atoms in total. The Kier molecular flexibility index (Phi) is 5.81. The monoisotopic (exact) mass is 449 g/mol. The normalized spacial score (nSPS) is 11.9. The fourth-order valence-corrected chi connectivity index (χ4v) is 1.95. The molecule has 2 N–H and O–H groups in total. The van der Waals surface area contributed by atoms with E-state index in [1.807, 2.05) is 22.6 Å². The van der Waals surface area contributed by atoms with Gasteiger partial charge in [-0.15, -0.1) is 0 Å². The van der Waals surface area contributed by atoms with Crippen molar-refractivity contribution in [1.82, 2.24) is 5.32 Å². The van der Waals surface area contributed by atoms with Crippen LogP contribution in [-0.2, 0) is 14.9 Å². The number of carbonyl (C=O) groups excluding carboxylic acids is 2. The third kappa shape index (κ3) is 4.84. The van der Waals surface area contributed by atoms with Gasteiger partial charge in [-0.1, -0.05) is 0 Å². The number of benzene rings is 1. The first-order valence-corrected chi connectivity index (χ1v) is 8.07. The third-order valence-corrected chi connectivity index (χ3v) is 4.07. The summed E-state index contributed by atoms with van der Waals surface area (Å²) in [5.74, 6) is -1.59. The smallest absolute Gasteiger partial charge is 0.386 e. The minimum absolute atomic E-state index is 0.0577. The van der Waals surface area contributed by atoms with Crippen LogP contribution >= 0.6 is 22.6 Å². The number of carbonyl (C=O) groups is 2. The van der Waals surface area contributed by atoms with E-state index in [2.05, 4.69) is 0 Å². The first kappa shape index (κ1) is 18.7. The summed E-state index contributed by atoms with van der Waals surface area (Å²) in [6.07, 6.45) is 0. The Hall–Kier alpha value is -1.34. The summed E-state index contributed by atoms with van der Waals surface area (Å²) >= 11 is 1.84. The second kappa shape index (κ2) is 6.83. The predicted octanol–water partition coefficient (Wildman–Crippen LogP) is 1.43. The second-order valence-electron chi connectivity index (χ2n) is 4.03. The minimum Gasteiger partial charge on any atom is -0.426 e. The molecule has 0 saturated heterocycles. The number of ether oxygens (including phenoxy) is 1. The van der Waals surface area contributed by atoms with Crippen molar-refractivity contribution in [3.63, 3.8) is 0 Å². The van der Waals surface area contributed by atoms with Crippen molar-refractivity contribution < 1.29 is 36.1 Å². The highest BCUT2D eigenvalue weighted by molar-refractivity contribution is 14.1. The van der Waals surface area contributed by atoms with Crippen LogP contribution in [0.25, 0.3) is 0 Å². The molecule has 22 heavy (non-hydrogen) atoms. The molecule has 0 aliphatic carbocycles. The van der Waals surface area contributed by atoms with Crippen LogP contribution in [-0.4, -0.2) is 36.6 Å². The van der Waals surface area contributed by atoms with Gasteiger partial charge in [-0.25, -0.2) is 0 Å². The van der Waals surface area contributed by atoms with E-state index in [0.29, 0.717) is 3.57 Å². The van der Waals surface area contributed by atoms with Crippen molar-refractivity contribution in [2.45, 2.75) is 12.2 Å². The first-order chi connectivity index (χ1) is 9.94. The Morgan fingerprint density at radius 2 is 2.00 bits per heavy atom. The minimum atomic E-state index is -5.63. The zero-order chi connectivity index (χ0) is 17.1. The summed E-state index contributed by atoms with van der Waals surface area (Å²) in [6, 6.07) is 3.83. The molecule has 0 aliphatic heterocycles. The van der Waals surface area contributed by atoms with E-state index in [9.17, 15) is 26.8 Å². The van der Waals surface area contributed by atoms with Crippen molar-refractivity contribution in [3.8, 4) is 5.75 Å². The molecule has 11 heteroatoms. The molecule has 122 valence electrons. The Morgan fingerprint density at radius 1 is 1.41 bits per heavy atom. The lowest BCUT2D eigenvalue weighted by Gasteiger charge is -2.14. The van der Waals surface area contributed by atoms with Gasteiger partial charge >= 0.3 is 21.3 Å². The maximum absolute atomic E-state index is 13.0. The van der Waals surface area contributed by atoms with E-state index in [0.717, 1.165) is 13.0 Å². The van der Waals surface area contributed by atoms with E-state index in [-0.39, 0.29) is 11.3 Å². The van der Waals surface area contributed by atoms with E-state index in [4.69, 9.17) is 9.29 Å². The summed E-state index contributed by atoms with van der Waals surface area (Å²) in [5.41, 5.74) is -0.122. The molecular formula is C11H10F2INO6S. The van der Waals surface area contributed by atoms with Gasteiger partial charge in [0.25, 0.3) is 5.91 Å². The summed E-state index contributed by atoms with van der Waals surface area (Å²) in [6.45, 7) is -0.449. The lowest BCUT2D eigenvalue weighted by molar-refractivity contribution is -0.131. The van der Waals surface area contributed by atoms with Gasteiger partial charge < -0.3 is 10.1 Å². The molecule has 1 rings (SSSR count). The average molecular weight is 449 g/mol. The number of rotatable bonds is 5. The van der Waals surface area contributed by atoms with Crippen LogP contribution in [0.5, 0.6) is 5.75 Å². The van der Waals surface area contributed by atoms with Crippen molar-refractivity contribution >= 4 is 44.6 Å². The lowest BCUT2D eigenvalue weighted by atomic mass is 10.2. The highest BCUT2D eigenvalue weighted by Crippen LogP contribution is 2.23. The Bertz CT molecular complexity index is 707. The molecule has 0 aliphatic rings. The van der Waals surface area contributed by atoms with Crippen LogP contribution in [0.15, 0.2) is 18.2 Å². The SMILES string of the molecule is CC(=O)Oc1cc(C(=O)NCC(F)(F)S(=O)(=O)O)ccc1I. The fourth-order valence-electron chi connectivity index (χ4n) is 1.25. The maximum Gasteiger partial charge on any atom is 0.386 e. The molecule has 0 fully saturated rings. The summed E-state index contributed by atoms with van der Waals surface area (Å²) in [5, 5.41) is -2.83. The molecule has 0 unspecified atom stereocenters. The molecule has 0 bridgehead atoms. The van der Waals surface area contributed by atoms with Crippen molar-refractivity contribution in [3.05, 3.63) is 27.3 Å². The number of hydrogen-bond acceptors (Lipinski definition) is 5. The number of amides is 1. The zero-order valence-corrected chi connectivity index (χ0v) is 13.9. The lowest BCUT2D eigenvalue weighted by Crippen LogP contribution is -2.41. The first-order valence-electron chi connectivity index (χ1n) is 5.55. The predicted molar refractivity (Wildman–Crippen MR) is 79.3 cm³/mol. The molecule has 0 heterocycles. The Morgan fingerprint density at radius 3 is 2.50 bits per heavy atom. The summed E-state index contributed by atoms with van der Waals surface area (Å²) in [4.78, 5) is 22.6. The van der Waals surface area contributed by atoms with Crippen molar-refractivity contribution in [2.24, 2.45) is 0 Å². The van der Waals surface area contributed by atoms with Crippen LogP contribution in [0, 0.1) is 3.57 Å². The third-order valence-electron chi connectivity index (χ3n) is 2.28. The molecule has 0 saturated carbocycles. The van der Waals surface area contributed by atoms with Gasteiger partial charge in [0.2, 0.25) is 0 Å². The number of hydrogen-bond donors (Lipinski definition) is 2. The molecule has 0 atom stereocenters. The van der Waals surface area contributed by atoms with Gasteiger partial charge in [-0.05, 0) is 40.8 Å². The molecule has 0 spiro atoms. The van der Waals surface area contributed by atoms with Gasteiger partial charge in [0, 0.05) is 12.5 Å². The highest BCUT2D eigenvalue weighted by Gasteiger charge is 2.44. The van der Waals surface area contributed by atoms with Crippen LogP contribution in [0.1, 0.15) is 17.3 Å². The van der Waals surface area contributed by atoms with Crippen molar-refractivity contribution in [1.29, 1.82) is 0 Å². The quantitative estimate of drug-likeness (QED) is 0.305. The molecule has 1 aromatic carbocycles. The maximum atomic E-state index is 13.0. The van der Waals surface area contributed by atoms with Crippen molar-refractivity contribution in [2.75, 3.05) is 6.54 Å². The van der Waals surface area contributed by atoms with Gasteiger partial charge in [0.05, 0.1) is 10.1 Å². The Labute approximate surface area is 137 Å². The molecule has 0 aromatic heterocycles. The number of halogens is 3. The standard InChI is InChI=1S/C11H10F2INO6S/c1-6(16)21-9-4-7(2-3-8(9)14)10(17)15-5-11(12,13)22(18,19)20/h2-4H,5H2,1H3,(H,15,17)(H,18,19,20). The van der Waals surface area contributed by atoms with Crippen LogP contribution in [0.3, 0.4) is 0 Å². The number of nitrogens with one attached hydrogen (secondary N) is 1. The van der Waals surface area contributed by atoms with E-state index < -0.39 is 33.8 Å². The Balaban J connectivity index is 2.89. The van der Waals surface area contributed by atoms with E-state index >= 15 is 0 Å². The van der Waals surface area contributed by atoms with E-state index in [1.54, 1.807) is 5.32 Å². The second-order valence-corrected chi connectivity index (χ2v) is 6.74. The fraction of sp³-hybridized carbons (Fsp3) is 0.273. The van der Waals surface area contributed by atoms with Crippen LogP contribution < -0.4 is 10.1 Å². The number of esters is 1. The zero-order valence-electron chi connectivity index (χ0n) is 11.0. The molecular weight excluding hydrogens is 439 g/mol. The summed E-state index contributed by atoms with van der Waals surface area (Å²) in [7, 11) is -5.63. The molecule has 1 amide bonds. The van der Waals surface area contributed by atoms with Crippen LogP contribution in [0.4, 0.5) is 8.78 Å².